The first-order chi connectivity index (χ1) is 14.1. The van der Waals surface area contributed by atoms with E-state index in [-0.39, 0.29) is 22.9 Å². The van der Waals surface area contributed by atoms with Gasteiger partial charge in [0.2, 0.25) is 5.91 Å². The second-order valence-electron chi connectivity index (χ2n) is 8.17. The molecule has 1 heterocycles. The van der Waals surface area contributed by atoms with Crippen LogP contribution in [0.3, 0.4) is 0 Å². The standard InChI is InChI=1S/C23H26N4O2S/c1-15(28)17-7-6-8-19(13-17)24-20(29)14-30-22-26-25-21(27(22)5)16-9-11-18(12-10-16)23(2,3)4/h6-13H,14H2,1-5H3,(H,24,29). The molecule has 7 heteroatoms. The summed E-state index contributed by atoms with van der Waals surface area (Å²) in [4.78, 5) is 23.8. The number of thioether (sulfide) groups is 1. The fourth-order valence-corrected chi connectivity index (χ4v) is 3.67. The highest BCUT2D eigenvalue weighted by Gasteiger charge is 2.16. The summed E-state index contributed by atoms with van der Waals surface area (Å²) in [6, 6.07) is 15.2. The Morgan fingerprint density at radius 3 is 2.40 bits per heavy atom. The summed E-state index contributed by atoms with van der Waals surface area (Å²) in [7, 11) is 1.89. The molecule has 0 aliphatic carbocycles. The summed E-state index contributed by atoms with van der Waals surface area (Å²) in [5.41, 5.74) is 3.50. The van der Waals surface area contributed by atoms with Gasteiger partial charge in [0.15, 0.2) is 16.8 Å². The number of rotatable bonds is 6. The molecular formula is C23H26N4O2S. The van der Waals surface area contributed by atoms with Gasteiger partial charge in [-0.15, -0.1) is 10.2 Å². The predicted molar refractivity (Wildman–Crippen MR) is 121 cm³/mol. The van der Waals surface area contributed by atoms with Gasteiger partial charge in [-0.25, -0.2) is 0 Å². The van der Waals surface area contributed by atoms with Crippen LogP contribution < -0.4 is 5.32 Å². The average molecular weight is 423 g/mol. The largest absolute Gasteiger partial charge is 0.325 e. The van der Waals surface area contributed by atoms with Crippen molar-refractivity contribution in [3.8, 4) is 11.4 Å². The summed E-state index contributed by atoms with van der Waals surface area (Å²) in [6.07, 6.45) is 0. The van der Waals surface area contributed by atoms with Crippen LogP contribution >= 0.6 is 11.8 Å². The van der Waals surface area contributed by atoms with Crippen molar-refractivity contribution in [1.29, 1.82) is 0 Å². The molecule has 2 aromatic carbocycles. The Morgan fingerprint density at radius 1 is 1.07 bits per heavy atom. The van der Waals surface area contributed by atoms with Gasteiger partial charge in [-0.1, -0.05) is 68.9 Å². The third-order valence-corrected chi connectivity index (χ3v) is 5.75. The maximum atomic E-state index is 12.3. The van der Waals surface area contributed by atoms with Crippen LogP contribution in [-0.2, 0) is 17.3 Å². The van der Waals surface area contributed by atoms with Gasteiger partial charge >= 0.3 is 0 Å². The van der Waals surface area contributed by atoms with Crippen molar-refractivity contribution < 1.29 is 9.59 Å². The molecule has 0 aliphatic heterocycles. The zero-order valence-electron chi connectivity index (χ0n) is 17.9. The quantitative estimate of drug-likeness (QED) is 0.460. The lowest BCUT2D eigenvalue weighted by atomic mass is 9.87. The summed E-state index contributed by atoms with van der Waals surface area (Å²) < 4.78 is 1.89. The number of hydrogen-bond acceptors (Lipinski definition) is 5. The number of aromatic nitrogens is 3. The predicted octanol–water partition coefficient (Wildman–Crippen LogP) is 4.71. The second kappa shape index (κ2) is 8.83. The second-order valence-corrected chi connectivity index (χ2v) is 9.11. The van der Waals surface area contributed by atoms with Crippen LogP contribution in [0.5, 0.6) is 0 Å². The van der Waals surface area contributed by atoms with Crippen LogP contribution in [0.1, 0.15) is 43.6 Å². The number of ketones is 1. The number of anilines is 1. The Balaban J connectivity index is 1.64. The van der Waals surface area contributed by atoms with Crippen LogP contribution in [0.4, 0.5) is 5.69 Å². The first-order valence-electron chi connectivity index (χ1n) is 9.69. The third kappa shape index (κ3) is 5.16. The lowest BCUT2D eigenvalue weighted by Crippen LogP contribution is -2.14. The van der Waals surface area contributed by atoms with E-state index >= 15 is 0 Å². The summed E-state index contributed by atoms with van der Waals surface area (Å²) in [5.74, 6) is 0.745. The molecule has 0 spiro atoms. The molecule has 1 N–H and O–H groups in total. The van der Waals surface area contributed by atoms with Gasteiger partial charge in [0.05, 0.1) is 5.75 Å². The van der Waals surface area contributed by atoms with Gasteiger partial charge < -0.3 is 9.88 Å². The van der Waals surface area contributed by atoms with Crippen molar-refractivity contribution in [2.45, 2.75) is 38.3 Å². The number of Topliss-reactive ketones (excluding diaryl/α,β-unsaturated/α-hetero) is 1. The smallest absolute Gasteiger partial charge is 0.234 e. The molecule has 30 heavy (non-hydrogen) atoms. The number of carbonyl (C=O) groups excluding carboxylic acids is 2. The maximum Gasteiger partial charge on any atom is 0.234 e. The van der Waals surface area contributed by atoms with E-state index in [1.54, 1.807) is 24.3 Å². The Bertz CT molecular complexity index is 1070. The van der Waals surface area contributed by atoms with E-state index < -0.39 is 0 Å². The third-order valence-electron chi connectivity index (χ3n) is 4.73. The molecule has 0 saturated carbocycles. The summed E-state index contributed by atoms with van der Waals surface area (Å²) >= 11 is 1.32. The van der Waals surface area contributed by atoms with E-state index in [1.165, 1.54) is 24.2 Å². The molecule has 3 rings (SSSR count). The summed E-state index contributed by atoms with van der Waals surface area (Å²) in [6.45, 7) is 8.04. The lowest BCUT2D eigenvalue weighted by Gasteiger charge is -2.19. The Morgan fingerprint density at radius 2 is 1.77 bits per heavy atom. The maximum absolute atomic E-state index is 12.3. The van der Waals surface area contributed by atoms with E-state index in [0.29, 0.717) is 16.4 Å². The molecule has 0 atom stereocenters. The molecule has 156 valence electrons. The average Bonchev–Trinajstić information content (AvgIpc) is 3.06. The molecular weight excluding hydrogens is 396 g/mol. The number of nitrogens with zero attached hydrogens (tertiary/aromatic N) is 3. The van der Waals surface area contributed by atoms with Gasteiger partial charge in [0.25, 0.3) is 0 Å². The molecule has 3 aromatic rings. The number of nitrogens with one attached hydrogen (secondary N) is 1. The van der Waals surface area contributed by atoms with Crippen molar-refractivity contribution in [2.75, 3.05) is 11.1 Å². The molecule has 0 fully saturated rings. The van der Waals surface area contributed by atoms with E-state index in [1.807, 2.05) is 23.7 Å². The van der Waals surface area contributed by atoms with Crippen molar-refractivity contribution in [2.24, 2.45) is 7.05 Å². The van der Waals surface area contributed by atoms with E-state index in [9.17, 15) is 9.59 Å². The minimum Gasteiger partial charge on any atom is -0.325 e. The molecule has 0 unspecified atom stereocenters. The lowest BCUT2D eigenvalue weighted by molar-refractivity contribution is -0.113. The van der Waals surface area contributed by atoms with Gasteiger partial charge in [-0.3, -0.25) is 9.59 Å². The molecule has 0 radical (unpaired) electrons. The topological polar surface area (TPSA) is 76.9 Å². The van der Waals surface area contributed by atoms with Crippen LogP contribution in [0.2, 0.25) is 0 Å². The summed E-state index contributed by atoms with van der Waals surface area (Å²) in [5, 5.41) is 12.0. The van der Waals surface area contributed by atoms with Crippen molar-refractivity contribution >= 4 is 29.1 Å². The first kappa shape index (κ1) is 21.8. The highest BCUT2D eigenvalue weighted by Crippen LogP contribution is 2.27. The fraction of sp³-hybridized carbons (Fsp3) is 0.304. The van der Waals surface area contributed by atoms with Gasteiger partial charge in [0, 0.05) is 23.9 Å². The Labute approximate surface area is 181 Å². The molecule has 0 saturated heterocycles. The zero-order chi connectivity index (χ0) is 21.9. The SMILES string of the molecule is CC(=O)c1cccc(NC(=O)CSc2nnc(-c3ccc(C(C)(C)C)cc3)n2C)c1. The fourth-order valence-electron chi connectivity index (χ4n) is 2.95. The van der Waals surface area contributed by atoms with Gasteiger partial charge in [-0.05, 0) is 30.0 Å². The molecule has 0 aliphatic rings. The number of carbonyl (C=O) groups is 2. The minimum absolute atomic E-state index is 0.0392. The Kier molecular flexibility index (Phi) is 6.41. The minimum atomic E-state index is -0.167. The monoisotopic (exact) mass is 422 g/mol. The first-order valence-corrected chi connectivity index (χ1v) is 10.7. The normalized spacial score (nSPS) is 11.4. The van der Waals surface area contributed by atoms with Gasteiger partial charge in [-0.2, -0.15) is 0 Å². The van der Waals surface area contributed by atoms with E-state index in [2.05, 4.69) is 48.4 Å². The number of amides is 1. The van der Waals surface area contributed by atoms with Crippen LogP contribution in [0, 0.1) is 0 Å². The molecule has 0 bridgehead atoms. The highest BCUT2D eigenvalue weighted by molar-refractivity contribution is 7.99. The van der Waals surface area contributed by atoms with Crippen molar-refractivity contribution in [3.63, 3.8) is 0 Å². The van der Waals surface area contributed by atoms with Gasteiger partial charge in [0.1, 0.15) is 0 Å². The van der Waals surface area contributed by atoms with Crippen LogP contribution in [0.15, 0.2) is 53.7 Å². The molecule has 1 amide bonds. The molecule has 1 aromatic heterocycles. The van der Waals surface area contributed by atoms with Crippen LogP contribution in [-0.4, -0.2) is 32.2 Å². The highest BCUT2D eigenvalue weighted by atomic mass is 32.2. The molecule has 6 nitrogen and oxygen atoms in total. The Hall–Kier alpha value is -2.93. The van der Waals surface area contributed by atoms with Crippen molar-refractivity contribution in [1.82, 2.24) is 14.8 Å². The van der Waals surface area contributed by atoms with Crippen LogP contribution in [0.25, 0.3) is 11.4 Å². The zero-order valence-corrected chi connectivity index (χ0v) is 18.7. The number of benzene rings is 2. The van der Waals surface area contributed by atoms with Crippen molar-refractivity contribution in [3.05, 3.63) is 59.7 Å². The number of hydrogen-bond donors (Lipinski definition) is 1. The van der Waals surface area contributed by atoms with E-state index in [0.717, 1.165) is 11.4 Å². The van der Waals surface area contributed by atoms with E-state index in [4.69, 9.17) is 0 Å².